The van der Waals surface area contributed by atoms with Gasteiger partial charge in [0, 0.05) is 6.54 Å². The Kier molecular flexibility index (Phi) is 4.76. The van der Waals surface area contributed by atoms with Crippen molar-refractivity contribution in [1.29, 1.82) is 0 Å². The number of hydrogen-bond acceptors (Lipinski definition) is 8. The largest absolute Gasteiger partial charge is 0.338 e. The van der Waals surface area contributed by atoms with Gasteiger partial charge in [0.1, 0.15) is 0 Å². The molecule has 4 aromatic rings. The SMILES string of the molecule is CCn1c(SCc2nc(-c3cccs3)no2)nc2cc(S(N)(=O)=O)ccc21. The van der Waals surface area contributed by atoms with Crippen LogP contribution in [0.4, 0.5) is 0 Å². The van der Waals surface area contributed by atoms with Crippen molar-refractivity contribution in [2.75, 3.05) is 0 Å². The van der Waals surface area contributed by atoms with Crippen LogP contribution in [-0.4, -0.2) is 28.1 Å². The van der Waals surface area contributed by atoms with E-state index in [0.717, 1.165) is 15.6 Å². The van der Waals surface area contributed by atoms with Gasteiger partial charge in [0.15, 0.2) is 5.16 Å². The Morgan fingerprint density at radius 3 is 2.85 bits per heavy atom. The van der Waals surface area contributed by atoms with Crippen molar-refractivity contribution < 1.29 is 12.9 Å². The number of nitrogens with zero attached hydrogens (tertiary/aromatic N) is 4. The maximum atomic E-state index is 11.6. The number of thioether (sulfide) groups is 1. The monoisotopic (exact) mass is 421 g/mol. The predicted octanol–water partition coefficient (Wildman–Crippen LogP) is 3.11. The standard InChI is InChI=1S/C16H15N5O3S3/c1-2-21-12-6-5-10(27(17,22)23)8-11(12)18-16(21)26-9-14-19-15(20-24-14)13-4-3-7-25-13/h3-8H,2,9H2,1H3,(H2,17,22,23). The van der Waals surface area contributed by atoms with Gasteiger partial charge >= 0.3 is 0 Å². The van der Waals surface area contributed by atoms with Gasteiger partial charge in [-0.15, -0.1) is 11.3 Å². The van der Waals surface area contributed by atoms with Crippen LogP contribution in [0, 0.1) is 0 Å². The Bertz CT molecular complexity index is 1200. The average molecular weight is 422 g/mol. The number of aryl methyl sites for hydroxylation is 1. The second kappa shape index (κ2) is 7.08. The Morgan fingerprint density at radius 1 is 1.30 bits per heavy atom. The van der Waals surface area contributed by atoms with Crippen LogP contribution in [0.2, 0.25) is 0 Å². The van der Waals surface area contributed by atoms with Crippen LogP contribution in [0.1, 0.15) is 12.8 Å². The lowest BCUT2D eigenvalue weighted by Gasteiger charge is -2.04. The summed E-state index contributed by atoms with van der Waals surface area (Å²) in [5.74, 6) is 1.54. The van der Waals surface area contributed by atoms with Crippen LogP contribution in [0.3, 0.4) is 0 Å². The molecule has 0 aliphatic rings. The molecule has 0 saturated carbocycles. The number of hydrogen-bond donors (Lipinski definition) is 1. The maximum absolute atomic E-state index is 11.6. The predicted molar refractivity (Wildman–Crippen MR) is 104 cm³/mol. The molecule has 0 aliphatic heterocycles. The van der Waals surface area contributed by atoms with E-state index in [-0.39, 0.29) is 4.90 Å². The number of imidazole rings is 1. The third kappa shape index (κ3) is 3.63. The molecule has 0 saturated heterocycles. The summed E-state index contributed by atoms with van der Waals surface area (Å²) < 4.78 is 30.4. The molecule has 0 radical (unpaired) electrons. The molecule has 0 amide bonds. The summed E-state index contributed by atoms with van der Waals surface area (Å²) >= 11 is 3.00. The molecule has 140 valence electrons. The van der Waals surface area contributed by atoms with Gasteiger partial charge in [-0.05, 0) is 36.6 Å². The number of rotatable bonds is 6. The van der Waals surface area contributed by atoms with E-state index in [4.69, 9.17) is 9.66 Å². The highest BCUT2D eigenvalue weighted by Crippen LogP contribution is 2.29. The van der Waals surface area contributed by atoms with Crippen molar-refractivity contribution in [3.05, 3.63) is 41.6 Å². The van der Waals surface area contributed by atoms with Crippen molar-refractivity contribution in [2.24, 2.45) is 5.14 Å². The molecule has 3 aromatic heterocycles. The van der Waals surface area contributed by atoms with E-state index < -0.39 is 10.0 Å². The van der Waals surface area contributed by atoms with Gasteiger partial charge < -0.3 is 9.09 Å². The lowest BCUT2D eigenvalue weighted by Crippen LogP contribution is -2.11. The van der Waals surface area contributed by atoms with E-state index in [0.29, 0.717) is 29.5 Å². The first kappa shape index (κ1) is 18.2. The lowest BCUT2D eigenvalue weighted by molar-refractivity contribution is 0.391. The van der Waals surface area contributed by atoms with Crippen molar-refractivity contribution in [1.82, 2.24) is 19.7 Å². The Hall–Kier alpha value is -2.21. The fourth-order valence-corrected chi connectivity index (χ4v) is 4.72. The molecular formula is C16H15N5O3S3. The van der Waals surface area contributed by atoms with Crippen molar-refractivity contribution in [3.63, 3.8) is 0 Å². The minimum atomic E-state index is -3.77. The van der Waals surface area contributed by atoms with Crippen LogP contribution < -0.4 is 5.14 Å². The smallest absolute Gasteiger partial charge is 0.238 e. The van der Waals surface area contributed by atoms with Gasteiger partial charge in [0.2, 0.25) is 21.7 Å². The van der Waals surface area contributed by atoms with Gasteiger partial charge in [-0.2, -0.15) is 4.98 Å². The molecule has 0 aliphatic carbocycles. The lowest BCUT2D eigenvalue weighted by atomic mass is 10.3. The third-order valence-electron chi connectivity index (χ3n) is 3.86. The summed E-state index contributed by atoms with van der Waals surface area (Å²) in [6.45, 7) is 2.69. The first-order valence-electron chi connectivity index (χ1n) is 7.98. The zero-order valence-corrected chi connectivity index (χ0v) is 16.6. The fraction of sp³-hybridized carbons (Fsp3) is 0.188. The van der Waals surface area contributed by atoms with Crippen molar-refractivity contribution in [3.8, 4) is 10.7 Å². The first-order chi connectivity index (χ1) is 13.0. The Morgan fingerprint density at radius 2 is 2.15 bits per heavy atom. The van der Waals surface area contributed by atoms with E-state index in [1.807, 2.05) is 29.0 Å². The summed E-state index contributed by atoms with van der Waals surface area (Å²) in [5, 5.41) is 11.9. The number of aromatic nitrogens is 4. The van der Waals surface area contributed by atoms with E-state index in [1.54, 1.807) is 17.4 Å². The summed E-state index contributed by atoms with van der Waals surface area (Å²) in [6, 6.07) is 8.57. The molecule has 0 spiro atoms. The Balaban J connectivity index is 1.60. The molecule has 4 rings (SSSR count). The number of sulfonamides is 1. The van der Waals surface area contributed by atoms with Crippen LogP contribution >= 0.6 is 23.1 Å². The molecule has 2 N–H and O–H groups in total. The van der Waals surface area contributed by atoms with Crippen LogP contribution in [0.5, 0.6) is 0 Å². The minimum absolute atomic E-state index is 0.0461. The normalized spacial score (nSPS) is 12.1. The number of fused-ring (bicyclic) bond motifs is 1. The molecule has 3 heterocycles. The van der Waals surface area contributed by atoms with Crippen LogP contribution in [0.25, 0.3) is 21.7 Å². The molecule has 0 fully saturated rings. The van der Waals surface area contributed by atoms with Gasteiger partial charge in [-0.1, -0.05) is 23.0 Å². The Labute approximate surface area is 163 Å². The summed E-state index contributed by atoms with van der Waals surface area (Å²) in [7, 11) is -3.77. The van der Waals surface area contributed by atoms with Crippen LogP contribution in [0.15, 0.2) is 50.3 Å². The maximum Gasteiger partial charge on any atom is 0.238 e. The molecule has 11 heteroatoms. The molecule has 1 aromatic carbocycles. The third-order valence-corrected chi connectivity index (χ3v) is 6.60. The zero-order valence-electron chi connectivity index (χ0n) is 14.2. The number of benzene rings is 1. The highest BCUT2D eigenvalue weighted by molar-refractivity contribution is 7.98. The highest BCUT2D eigenvalue weighted by Gasteiger charge is 2.16. The highest BCUT2D eigenvalue weighted by atomic mass is 32.2. The van der Waals surface area contributed by atoms with Crippen LogP contribution in [-0.2, 0) is 22.3 Å². The molecule has 0 bridgehead atoms. The number of nitrogens with two attached hydrogens (primary N) is 1. The van der Waals surface area contributed by atoms with E-state index in [9.17, 15) is 8.42 Å². The van der Waals surface area contributed by atoms with Gasteiger partial charge in [-0.3, -0.25) is 0 Å². The topological polar surface area (TPSA) is 117 Å². The van der Waals surface area contributed by atoms with Gasteiger partial charge in [0.05, 0.1) is 26.6 Å². The van der Waals surface area contributed by atoms with E-state index in [1.165, 1.54) is 23.9 Å². The summed E-state index contributed by atoms with van der Waals surface area (Å²) in [6.07, 6.45) is 0. The number of thiophene rings is 1. The van der Waals surface area contributed by atoms with Gasteiger partial charge in [-0.25, -0.2) is 18.5 Å². The van der Waals surface area contributed by atoms with E-state index in [2.05, 4.69) is 15.1 Å². The minimum Gasteiger partial charge on any atom is -0.338 e. The van der Waals surface area contributed by atoms with E-state index >= 15 is 0 Å². The molecule has 0 atom stereocenters. The second-order valence-electron chi connectivity index (χ2n) is 5.61. The summed E-state index contributed by atoms with van der Waals surface area (Å²) in [4.78, 5) is 9.95. The first-order valence-corrected chi connectivity index (χ1v) is 11.4. The average Bonchev–Trinajstić information content (AvgIpc) is 3.36. The molecular weight excluding hydrogens is 406 g/mol. The quantitative estimate of drug-likeness (QED) is 0.475. The fourth-order valence-electron chi connectivity index (χ4n) is 2.63. The second-order valence-corrected chi connectivity index (χ2v) is 9.06. The van der Waals surface area contributed by atoms with Crippen molar-refractivity contribution >= 4 is 44.2 Å². The zero-order chi connectivity index (χ0) is 19.0. The molecule has 0 unspecified atom stereocenters. The van der Waals surface area contributed by atoms with Crippen molar-refractivity contribution in [2.45, 2.75) is 29.3 Å². The molecule has 8 nitrogen and oxygen atoms in total. The number of primary sulfonamides is 1. The molecule has 27 heavy (non-hydrogen) atoms. The summed E-state index contributed by atoms with van der Waals surface area (Å²) in [5.41, 5.74) is 1.42. The van der Waals surface area contributed by atoms with Gasteiger partial charge in [0.25, 0.3) is 0 Å².